The molecule has 3 amide bonds. The number of likely N-dealkylation sites (tertiary alicyclic amines) is 1. The molecular formula is C32H45N3O5. The molecule has 3 saturated heterocycles. The highest BCUT2D eigenvalue weighted by Crippen LogP contribution is 2.64. The van der Waals surface area contributed by atoms with Gasteiger partial charge in [-0.25, -0.2) is 0 Å². The molecule has 1 aromatic rings. The highest BCUT2D eigenvalue weighted by atomic mass is 16.5. The Labute approximate surface area is 238 Å². The van der Waals surface area contributed by atoms with Crippen LogP contribution < -0.4 is 0 Å². The number of hydrogen-bond acceptors (Lipinski definition) is 5. The van der Waals surface area contributed by atoms with Gasteiger partial charge in [-0.1, -0.05) is 62.8 Å². The Morgan fingerprint density at radius 2 is 1.73 bits per heavy atom. The van der Waals surface area contributed by atoms with Crippen molar-refractivity contribution in [2.75, 3.05) is 32.8 Å². The lowest BCUT2D eigenvalue weighted by Gasteiger charge is -2.39. The molecule has 3 aliphatic heterocycles. The number of fused-ring (bicyclic) bond motifs is 1. The number of ether oxygens (including phenoxy) is 1. The van der Waals surface area contributed by atoms with Gasteiger partial charge in [-0.3, -0.25) is 14.4 Å². The van der Waals surface area contributed by atoms with Crippen molar-refractivity contribution in [1.29, 1.82) is 0 Å². The van der Waals surface area contributed by atoms with Gasteiger partial charge in [-0.05, 0) is 38.2 Å². The minimum Gasteiger partial charge on any atom is -0.394 e. The lowest BCUT2D eigenvalue weighted by atomic mass is 9.66. The Morgan fingerprint density at radius 3 is 2.30 bits per heavy atom. The zero-order chi connectivity index (χ0) is 29.1. The minimum atomic E-state index is -1.15. The monoisotopic (exact) mass is 551 g/mol. The Hall–Kier alpha value is -2.97. The minimum absolute atomic E-state index is 0.133. The van der Waals surface area contributed by atoms with E-state index in [1.807, 2.05) is 44.2 Å². The Bertz CT molecular complexity index is 1110. The number of unbranched alkanes of at least 4 members (excludes halogenated alkanes) is 1. The molecule has 8 heteroatoms. The summed E-state index contributed by atoms with van der Waals surface area (Å²) < 4.78 is 6.82. The first kappa shape index (κ1) is 30.0. The van der Waals surface area contributed by atoms with Crippen molar-refractivity contribution >= 4 is 17.7 Å². The predicted molar refractivity (Wildman–Crippen MR) is 154 cm³/mol. The van der Waals surface area contributed by atoms with E-state index in [2.05, 4.69) is 20.1 Å². The van der Waals surface area contributed by atoms with Gasteiger partial charge in [0.2, 0.25) is 17.7 Å². The van der Waals surface area contributed by atoms with E-state index >= 15 is 0 Å². The molecule has 40 heavy (non-hydrogen) atoms. The van der Waals surface area contributed by atoms with Gasteiger partial charge in [-0.15, -0.1) is 13.2 Å². The molecule has 6 atom stereocenters. The highest BCUT2D eigenvalue weighted by Gasteiger charge is 2.78. The van der Waals surface area contributed by atoms with Crippen molar-refractivity contribution < 1.29 is 24.2 Å². The fraction of sp³-hybridized carbons (Fsp3) is 0.594. The van der Waals surface area contributed by atoms with Crippen LogP contribution in [0.5, 0.6) is 0 Å². The standard InChI is InChI=1S/C32H45N3O5/c1-6-10-21-34(20-9-4)30(39)27-32-17-16-31(5,40-32)25(28(37)33(18-7-2)19-8-3)26(32)29(38)35(27)24(22-36)23-14-12-11-13-15-23/h7,9,11-15,24-27,36H,2,4,6,8,10,16-22H2,1,3,5H3/t24-,25-,26+,27?,31+,32?/m1/s1. The van der Waals surface area contributed by atoms with Crippen LogP contribution in [0, 0.1) is 11.8 Å². The molecule has 3 aliphatic rings. The summed E-state index contributed by atoms with van der Waals surface area (Å²) in [7, 11) is 0. The number of rotatable bonds is 14. The van der Waals surface area contributed by atoms with Gasteiger partial charge in [-0.2, -0.15) is 0 Å². The lowest BCUT2D eigenvalue weighted by Crippen LogP contribution is -2.57. The quantitative estimate of drug-likeness (QED) is 0.356. The number of aliphatic hydroxyl groups is 1. The van der Waals surface area contributed by atoms with Crippen LogP contribution in [0.2, 0.25) is 0 Å². The maximum atomic E-state index is 14.6. The van der Waals surface area contributed by atoms with Gasteiger partial charge in [0, 0.05) is 26.2 Å². The molecule has 0 aromatic heterocycles. The number of benzene rings is 1. The number of carbonyl (C=O) groups excluding carboxylic acids is 3. The van der Waals surface area contributed by atoms with Crippen LogP contribution in [0.15, 0.2) is 55.6 Å². The van der Waals surface area contributed by atoms with Gasteiger partial charge < -0.3 is 24.5 Å². The van der Waals surface area contributed by atoms with Gasteiger partial charge in [0.1, 0.15) is 11.6 Å². The van der Waals surface area contributed by atoms with E-state index in [-0.39, 0.29) is 24.3 Å². The van der Waals surface area contributed by atoms with Crippen molar-refractivity contribution in [2.45, 2.75) is 76.2 Å². The smallest absolute Gasteiger partial charge is 0.248 e. The van der Waals surface area contributed by atoms with E-state index in [0.29, 0.717) is 39.0 Å². The molecule has 1 spiro atoms. The van der Waals surface area contributed by atoms with Gasteiger partial charge in [0.15, 0.2) is 0 Å². The zero-order valence-corrected chi connectivity index (χ0v) is 24.3. The summed E-state index contributed by atoms with van der Waals surface area (Å²) in [4.78, 5) is 48.3. The summed E-state index contributed by atoms with van der Waals surface area (Å²) in [5.74, 6) is -2.18. The van der Waals surface area contributed by atoms with Gasteiger partial charge in [0.25, 0.3) is 0 Å². The van der Waals surface area contributed by atoms with Crippen LogP contribution in [0.3, 0.4) is 0 Å². The summed E-state index contributed by atoms with van der Waals surface area (Å²) in [5.41, 5.74) is -1.27. The third-order valence-electron chi connectivity index (χ3n) is 9.00. The molecule has 218 valence electrons. The Kier molecular flexibility index (Phi) is 9.20. The molecule has 1 aromatic carbocycles. The number of hydrogen-bond donors (Lipinski definition) is 1. The maximum Gasteiger partial charge on any atom is 0.248 e. The predicted octanol–water partition coefficient (Wildman–Crippen LogP) is 3.72. The Morgan fingerprint density at radius 1 is 1.07 bits per heavy atom. The summed E-state index contributed by atoms with van der Waals surface area (Å²) in [6.07, 6.45) is 6.96. The third kappa shape index (κ3) is 4.90. The second-order valence-electron chi connectivity index (χ2n) is 11.6. The maximum absolute atomic E-state index is 14.6. The van der Waals surface area contributed by atoms with Crippen molar-refractivity contribution in [3.63, 3.8) is 0 Å². The molecular weight excluding hydrogens is 506 g/mol. The van der Waals surface area contributed by atoms with E-state index in [9.17, 15) is 19.5 Å². The molecule has 4 rings (SSSR count). The van der Waals surface area contributed by atoms with Crippen molar-refractivity contribution in [1.82, 2.24) is 14.7 Å². The highest BCUT2D eigenvalue weighted by molar-refractivity contribution is 5.99. The summed E-state index contributed by atoms with van der Waals surface area (Å²) >= 11 is 0. The van der Waals surface area contributed by atoms with Crippen molar-refractivity contribution in [2.24, 2.45) is 11.8 Å². The van der Waals surface area contributed by atoms with Crippen LogP contribution in [0.4, 0.5) is 0 Å². The second-order valence-corrected chi connectivity index (χ2v) is 11.6. The van der Waals surface area contributed by atoms with Crippen LogP contribution in [-0.2, 0) is 19.1 Å². The van der Waals surface area contributed by atoms with E-state index < -0.39 is 35.1 Å². The average Bonchev–Trinajstić information content (AvgIpc) is 3.52. The fourth-order valence-corrected chi connectivity index (χ4v) is 7.27. The fourth-order valence-electron chi connectivity index (χ4n) is 7.27. The molecule has 3 heterocycles. The summed E-state index contributed by atoms with van der Waals surface area (Å²) in [6, 6.07) is 7.59. The van der Waals surface area contributed by atoms with E-state index in [0.717, 1.165) is 24.8 Å². The van der Waals surface area contributed by atoms with Crippen LogP contribution in [0.25, 0.3) is 0 Å². The molecule has 1 N–H and O–H groups in total. The van der Waals surface area contributed by atoms with Gasteiger partial charge in [0.05, 0.1) is 30.1 Å². The van der Waals surface area contributed by atoms with Gasteiger partial charge >= 0.3 is 0 Å². The van der Waals surface area contributed by atoms with Crippen LogP contribution >= 0.6 is 0 Å². The zero-order valence-electron chi connectivity index (χ0n) is 24.3. The van der Waals surface area contributed by atoms with Crippen LogP contribution in [0.1, 0.15) is 64.5 Å². The number of nitrogens with zero attached hydrogens (tertiary/aromatic N) is 3. The van der Waals surface area contributed by atoms with E-state index in [1.165, 1.54) is 0 Å². The first-order valence-corrected chi connectivity index (χ1v) is 14.7. The summed E-state index contributed by atoms with van der Waals surface area (Å²) in [5, 5.41) is 10.7. The third-order valence-corrected chi connectivity index (χ3v) is 9.00. The topological polar surface area (TPSA) is 90.4 Å². The molecule has 8 nitrogen and oxygen atoms in total. The number of carbonyl (C=O) groups is 3. The first-order chi connectivity index (χ1) is 19.2. The second kappa shape index (κ2) is 12.3. The van der Waals surface area contributed by atoms with E-state index in [4.69, 9.17) is 4.74 Å². The molecule has 2 bridgehead atoms. The number of amides is 3. The van der Waals surface area contributed by atoms with Crippen LogP contribution in [-0.4, -0.2) is 87.6 Å². The number of aliphatic hydroxyl groups excluding tert-OH is 1. The SMILES string of the molecule is C=CCN(CCCC)C(=O)C1N([C@H](CO)c2ccccc2)C(=O)[C@@H]2[C@H](C(=O)N(CC=C)CCC)[C@]3(C)CCC12O3. The van der Waals surface area contributed by atoms with Crippen molar-refractivity contribution in [3.05, 3.63) is 61.2 Å². The summed E-state index contributed by atoms with van der Waals surface area (Å²) in [6.45, 7) is 15.1. The Balaban J connectivity index is 1.85. The molecule has 0 aliphatic carbocycles. The molecule has 2 unspecified atom stereocenters. The molecule has 3 fully saturated rings. The van der Waals surface area contributed by atoms with E-state index in [1.54, 1.807) is 26.9 Å². The van der Waals surface area contributed by atoms with Crippen molar-refractivity contribution in [3.8, 4) is 0 Å². The molecule has 0 saturated carbocycles. The largest absolute Gasteiger partial charge is 0.394 e. The molecule has 0 radical (unpaired) electrons. The average molecular weight is 552 g/mol. The lowest BCUT2D eigenvalue weighted by molar-refractivity contribution is -0.156. The first-order valence-electron chi connectivity index (χ1n) is 14.7. The normalized spacial score (nSPS) is 29.2.